The molecule has 0 atom stereocenters. The van der Waals surface area contributed by atoms with E-state index in [-0.39, 0.29) is 12.5 Å². The van der Waals surface area contributed by atoms with Crippen LogP contribution >= 0.6 is 39.1 Å². The summed E-state index contributed by atoms with van der Waals surface area (Å²) in [5.41, 5.74) is 0.673. The van der Waals surface area contributed by atoms with Crippen molar-refractivity contribution in [1.82, 2.24) is 0 Å². The number of hydrogen-bond donors (Lipinski definition) is 1. The number of anilines is 1. The van der Waals surface area contributed by atoms with Crippen molar-refractivity contribution in [2.75, 3.05) is 11.9 Å². The third kappa shape index (κ3) is 3.88. The smallest absolute Gasteiger partial charge is 0.262 e. The van der Waals surface area contributed by atoms with Gasteiger partial charge in [-0.15, -0.1) is 0 Å². The normalized spacial score (nSPS) is 10.2. The van der Waals surface area contributed by atoms with E-state index in [1.807, 2.05) is 18.2 Å². The number of benzene rings is 2. The largest absolute Gasteiger partial charge is 0.481 e. The van der Waals surface area contributed by atoms with Crippen molar-refractivity contribution < 1.29 is 9.53 Å². The van der Waals surface area contributed by atoms with E-state index < -0.39 is 0 Å². The molecule has 0 bridgehead atoms. The molecule has 1 N–H and O–H groups in total. The van der Waals surface area contributed by atoms with Crippen LogP contribution in [-0.4, -0.2) is 12.5 Å². The first kappa shape index (κ1) is 15.2. The molecule has 0 aromatic heterocycles. The minimum Gasteiger partial charge on any atom is -0.481 e. The van der Waals surface area contributed by atoms with Crippen LogP contribution in [0.25, 0.3) is 0 Å². The van der Waals surface area contributed by atoms with Gasteiger partial charge in [-0.05, 0) is 40.2 Å². The molecule has 3 nitrogen and oxygen atoms in total. The van der Waals surface area contributed by atoms with Crippen LogP contribution in [0.4, 0.5) is 5.69 Å². The predicted molar refractivity (Wildman–Crippen MR) is 84.7 cm³/mol. The first-order valence-corrected chi connectivity index (χ1v) is 7.24. The quantitative estimate of drug-likeness (QED) is 0.836. The molecule has 0 aliphatic heterocycles. The summed E-state index contributed by atoms with van der Waals surface area (Å²) in [5, 5.41) is 3.46. The summed E-state index contributed by atoms with van der Waals surface area (Å²) >= 11 is 15.2. The van der Waals surface area contributed by atoms with Gasteiger partial charge in [-0.2, -0.15) is 0 Å². The van der Waals surface area contributed by atoms with Gasteiger partial charge in [-0.25, -0.2) is 0 Å². The number of rotatable bonds is 4. The highest BCUT2D eigenvalue weighted by molar-refractivity contribution is 9.10. The average Bonchev–Trinajstić information content (AvgIpc) is 2.41. The van der Waals surface area contributed by atoms with Gasteiger partial charge in [0.15, 0.2) is 12.4 Å². The van der Waals surface area contributed by atoms with Crippen LogP contribution in [0.2, 0.25) is 10.0 Å². The van der Waals surface area contributed by atoms with Crippen LogP contribution in [0.5, 0.6) is 5.75 Å². The lowest BCUT2D eigenvalue weighted by molar-refractivity contribution is -0.118. The number of para-hydroxylation sites is 2. The fourth-order valence-corrected chi connectivity index (χ4v) is 2.40. The van der Waals surface area contributed by atoms with Crippen LogP contribution in [0.1, 0.15) is 0 Å². The summed E-state index contributed by atoms with van der Waals surface area (Å²) in [5.74, 6) is 0.00555. The highest BCUT2D eigenvalue weighted by Gasteiger charge is 2.10. The monoisotopic (exact) mass is 373 g/mol. The van der Waals surface area contributed by atoms with Crippen molar-refractivity contribution in [3.8, 4) is 5.75 Å². The van der Waals surface area contributed by atoms with E-state index in [4.69, 9.17) is 27.9 Å². The zero-order valence-electron chi connectivity index (χ0n) is 10.2. The summed E-state index contributed by atoms with van der Waals surface area (Å²) in [6.45, 7) is -0.176. The molecule has 0 aliphatic rings. The van der Waals surface area contributed by atoms with Crippen molar-refractivity contribution in [2.24, 2.45) is 0 Å². The molecular formula is C14H10BrCl2NO2. The maximum atomic E-state index is 11.8. The molecular weight excluding hydrogens is 365 g/mol. The number of nitrogens with one attached hydrogen (secondary N) is 1. The Bertz CT molecular complexity index is 614. The van der Waals surface area contributed by atoms with Crippen LogP contribution in [-0.2, 0) is 4.79 Å². The number of halogens is 3. The van der Waals surface area contributed by atoms with Gasteiger partial charge in [0.05, 0.1) is 15.7 Å². The van der Waals surface area contributed by atoms with Crippen molar-refractivity contribution in [3.05, 3.63) is 57.0 Å². The fraction of sp³-hybridized carbons (Fsp3) is 0.0714. The second kappa shape index (κ2) is 6.97. The van der Waals surface area contributed by atoms with E-state index >= 15 is 0 Å². The van der Waals surface area contributed by atoms with E-state index in [0.29, 0.717) is 21.5 Å². The number of ether oxygens (including phenoxy) is 1. The molecule has 0 spiro atoms. The van der Waals surface area contributed by atoms with E-state index in [0.717, 1.165) is 4.47 Å². The molecule has 0 heterocycles. The number of hydrogen-bond acceptors (Lipinski definition) is 2. The highest BCUT2D eigenvalue weighted by Crippen LogP contribution is 2.32. The van der Waals surface area contributed by atoms with Gasteiger partial charge in [0.25, 0.3) is 5.91 Å². The Labute approximate surface area is 135 Å². The Morgan fingerprint density at radius 1 is 1.10 bits per heavy atom. The molecule has 6 heteroatoms. The maximum absolute atomic E-state index is 11.8. The van der Waals surface area contributed by atoms with Gasteiger partial charge in [0.2, 0.25) is 0 Å². The molecule has 1 amide bonds. The van der Waals surface area contributed by atoms with Crippen molar-refractivity contribution in [1.29, 1.82) is 0 Å². The third-order valence-electron chi connectivity index (χ3n) is 2.41. The lowest BCUT2D eigenvalue weighted by atomic mass is 10.3. The summed E-state index contributed by atoms with van der Waals surface area (Å²) in [6, 6.07) is 12.3. The minimum absolute atomic E-state index is 0.176. The molecule has 0 fully saturated rings. The predicted octanol–water partition coefficient (Wildman–Crippen LogP) is 4.77. The molecule has 0 radical (unpaired) electrons. The second-order valence-corrected chi connectivity index (χ2v) is 5.54. The van der Waals surface area contributed by atoms with E-state index in [1.165, 1.54) is 0 Å². The zero-order valence-corrected chi connectivity index (χ0v) is 13.3. The molecule has 0 unspecified atom stereocenters. The first-order chi connectivity index (χ1) is 9.58. The fourth-order valence-electron chi connectivity index (χ4n) is 1.51. The van der Waals surface area contributed by atoms with E-state index in [1.54, 1.807) is 24.3 Å². The molecule has 104 valence electrons. The number of carbonyl (C=O) groups is 1. The lowest BCUT2D eigenvalue weighted by Crippen LogP contribution is -2.20. The Balaban J connectivity index is 1.98. The molecule has 2 rings (SSSR count). The van der Waals surface area contributed by atoms with Crippen LogP contribution < -0.4 is 10.1 Å². The summed E-state index contributed by atoms with van der Waals surface area (Å²) in [4.78, 5) is 11.8. The van der Waals surface area contributed by atoms with Gasteiger partial charge in [-0.1, -0.05) is 41.4 Å². The Hall–Kier alpha value is -1.23. The van der Waals surface area contributed by atoms with Crippen molar-refractivity contribution in [2.45, 2.75) is 0 Å². The topological polar surface area (TPSA) is 38.3 Å². The highest BCUT2D eigenvalue weighted by atomic mass is 79.9. The molecule has 0 saturated heterocycles. The molecule has 20 heavy (non-hydrogen) atoms. The molecule has 2 aromatic rings. The van der Waals surface area contributed by atoms with Crippen LogP contribution in [0, 0.1) is 0 Å². The van der Waals surface area contributed by atoms with Gasteiger partial charge >= 0.3 is 0 Å². The molecule has 0 aliphatic carbocycles. The Kier molecular flexibility index (Phi) is 5.29. The minimum atomic E-state index is -0.298. The third-order valence-corrected chi connectivity index (χ3v) is 3.70. The summed E-state index contributed by atoms with van der Waals surface area (Å²) in [6.07, 6.45) is 0. The summed E-state index contributed by atoms with van der Waals surface area (Å²) < 4.78 is 6.15. The SMILES string of the molecule is O=C(COc1c(Cl)cccc1Cl)Nc1ccccc1Br. The number of amides is 1. The van der Waals surface area contributed by atoms with Gasteiger partial charge in [0, 0.05) is 4.47 Å². The average molecular weight is 375 g/mol. The van der Waals surface area contributed by atoms with Crippen LogP contribution in [0.3, 0.4) is 0 Å². The van der Waals surface area contributed by atoms with E-state index in [2.05, 4.69) is 21.2 Å². The Morgan fingerprint density at radius 2 is 1.75 bits per heavy atom. The molecule has 0 saturated carbocycles. The van der Waals surface area contributed by atoms with Crippen molar-refractivity contribution in [3.63, 3.8) is 0 Å². The first-order valence-electron chi connectivity index (χ1n) is 5.69. The van der Waals surface area contributed by atoms with Crippen molar-refractivity contribution >= 4 is 50.7 Å². The van der Waals surface area contributed by atoms with Gasteiger partial charge in [-0.3, -0.25) is 4.79 Å². The van der Waals surface area contributed by atoms with Crippen LogP contribution in [0.15, 0.2) is 46.9 Å². The second-order valence-electron chi connectivity index (χ2n) is 3.87. The van der Waals surface area contributed by atoms with Gasteiger partial charge < -0.3 is 10.1 Å². The molecule has 2 aromatic carbocycles. The van der Waals surface area contributed by atoms with Gasteiger partial charge in [0.1, 0.15) is 0 Å². The lowest BCUT2D eigenvalue weighted by Gasteiger charge is -2.10. The standard InChI is InChI=1S/C14H10BrCl2NO2/c15-9-4-1-2-7-12(9)18-13(19)8-20-14-10(16)5-3-6-11(14)17/h1-7H,8H2,(H,18,19). The maximum Gasteiger partial charge on any atom is 0.262 e. The van der Waals surface area contributed by atoms with E-state index in [9.17, 15) is 4.79 Å². The summed E-state index contributed by atoms with van der Waals surface area (Å²) in [7, 11) is 0. The Morgan fingerprint density at radius 3 is 2.40 bits per heavy atom. The zero-order chi connectivity index (χ0) is 14.5. The number of carbonyl (C=O) groups excluding carboxylic acids is 1.